The van der Waals surface area contributed by atoms with Crippen LogP contribution in [0.3, 0.4) is 0 Å². The molecule has 0 unspecified atom stereocenters. The van der Waals surface area contributed by atoms with Gasteiger partial charge in [0.1, 0.15) is 0 Å². The van der Waals surface area contributed by atoms with Crippen molar-refractivity contribution in [3.63, 3.8) is 0 Å². The minimum atomic E-state index is 0.444. The number of rotatable bonds is 1. The molecule has 63 valence electrons. The molecule has 2 heteroatoms. The van der Waals surface area contributed by atoms with E-state index in [1.54, 1.807) is 0 Å². The highest BCUT2D eigenvalue weighted by Gasteiger charge is 2.13. The Morgan fingerprint density at radius 2 is 2.08 bits per heavy atom. The third kappa shape index (κ3) is 1.65. The first-order valence-electron chi connectivity index (χ1n) is 4.38. The summed E-state index contributed by atoms with van der Waals surface area (Å²) in [5, 5.41) is 7.81. The molecule has 1 aromatic carbocycles. The van der Waals surface area contributed by atoms with E-state index in [0.29, 0.717) is 6.04 Å². The van der Waals surface area contributed by atoms with Crippen LogP contribution in [0.25, 0.3) is 0 Å². The van der Waals surface area contributed by atoms with E-state index in [2.05, 4.69) is 34.9 Å². The molecular formula is C10H13N2. The van der Waals surface area contributed by atoms with Crippen molar-refractivity contribution in [1.29, 1.82) is 0 Å². The first-order valence-corrected chi connectivity index (χ1v) is 4.38. The number of hydrogen-bond acceptors (Lipinski definition) is 1. The van der Waals surface area contributed by atoms with Crippen LogP contribution in [0.2, 0.25) is 0 Å². The van der Waals surface area contributed by atoms with Crippen LogP contribution in [0.4, 0.5) is 0 Å². The molecule has 1 radical (unpaired) electrons. The topological polar surface area (TPSA) is 26.1 Å². The van der Waals surface area contributed by atoms with Crippen molar-refractivity contribution in [3.8, 4) is 0 Å². The van der Waals surface area contributed by atoms with Gasteiger partial charge in [0.05, 0.1) is 0 Å². The smallest absolute Gasteiger partial charge is 0.0464 e. The molecule has 0 saturated carbocycles. The Morgan fingerprint density at radius 1 is 1.25 bits per heavy atom. The normalized spacial score (nSPS) is 23.8. The van der Waals surface area contributed by atoms with Crippen LogP contribution in [0.15, 0.2) is 30.3 Å². The zero-order chi connectivity index (χ0) is 8.23. The van der Waals surface area contributed by atoms with E-state index in [1.807, 2.05) is 6.07 Å². The fourth-order valence-corrected chi connectivity index (χ4v) is 1.51. The summed E-state index contributed by atoms with van der Waals surface area (Å²) in [6.07, 6.45) is 0. The SMILES string of the molecule is c1ccc([C@@H]2C[N]CCN2)cc1. The van der Waals surface area contributed by atoms with Crippen LogP contribution < -0.4 is 10.6 Å². The summed E-state index contributed by atoms with van der Waals surface area (Å²) in [6, 6.07) is 10.9. The van der Waals surface area contributed by atoms with Gasteiger partial charge in [-0.05, 0) is 5.56 Å². The van der Waals surface area contributed by atoms with E-state index in [-0.39, 0.29) is 0 Å². The Labute approximate surface area is 73.0 Å². The van der Waals surface area contributed by atoms with Crippen LogP contribution in [-0.4, -0.2) is 19.6 Å². The maximum Gasteiger partial charge on any atom is 0.0464 e. The molecule has 12 heavy (non-hydrogen) atoms. The van der Waals surface area contributed by atoms with Crippen LogP contribution in [-0.2, 0) is 0 Å². The molecule has 1 fully saturated rings. The van der Waals surface area contributed by atoms with E-state index in [1.165, 1.54) is 5.56 Å². The van der Waals surface area contributed by atoms with Gasteiger partial charge in [0, 0.05) is 25.7 Å². The van der Waals surface area contributed by atoms with Crippen LogP contribution in [0.1, 0.15) is 11.6 Å². The monoisotopic (exact) mass is 161 g/mol. The average molecular weight is 161 g/mol. The van der Waals surface area contributed by atoms with Crippen molar-refractivity contribution in [2.75, 3.05) is 19.6 Å². The summed E-state index contributed by atoms with van der Waals surface area (Å²) in [5.41, 5.74) is 1.35. The van der Waals surface area contributed by atoms with E-state index >= 15 is 0 Å². The molecule has 1 heterocycles. The lowest BCUT2D eigenvalue weighted by atomic mass is 10.1. The summed E-state index contributed by atoms with van der Waals surface area (Å²) in [4.78, 5) is 0. The number of nitrogens with one attached hydrogen (secondary N) is 1. The van der Waals surface area contributed by atoms with Gasteiger partial charge in [-0.25, -0.2) is 5.32 Å². The Balaban J connectivity index is 2.08. The molecular weight excluding hydrogens is 148 g/mol. The summed E-state index contributed by atoms with van der Waals surface area (Å²) >= 11 is 0. The van der Waals surface area contributed by atoms with Gasteiger partial charge in [-0.3, -0.25) is 0 Å². The van der Waals surface area contributed by atoms with E-state index in [4.69, 9.17) is 0 Å². The van der Waals surface area contributed by atoms with Crippen molar-refractivity contribution in [2.45, 2.75) is 6.04 Å². The highest BCUT2D eigenvalue weighted by Crippen LogP contribution is 2.12. The van der Waals surface area contributed by atoms with E-state index < -0.39 is 0 Å². The van der Waals surface area contributed by atoms with Crippen molar-refractivity contribution < 1.29 is 0 Å². The Hall–Kier alpha value is -0.860. The molecule has 1 aliphatic rings. The zero-order valence-corrected chi connectivity index (χ0v) is 7.03. The largest absolute Gasteiger partial charge is 0.307 e. The second kappa shape index (κ2) is 3.70. The van der Waals surface area contributed by atoms with Crippen LogP contribution >= 0.6 is 0 Å². The number of piperazine rings is 1. The second-order valence-electron chi connectivity index (χ2n) is 3.05. The highest BCUT2D eigenvalue weighted by molar-refractivity contribution is 5.19. The molecule has 0 spiro atoms. The number of hydrogen-bond donors (Lipinski definition) is 1. The zero-order valence-electron chi connectivity index (χ0n) is 7.03. The third-order valence-corrected chi connectivity index (χ3v) is 2.17. The molecule has 1 atom stereocenters. The predicted octanol–water partition coefficient (Wildman–Crippen LogP) is 0.935. The fourth-order valence-electron chi connectivity index (χ4n) is 1.51. The summed E-state index contributed by atoms with van der Waals surface area (Å²) < 4.78 is 0. The van der Waals surface area contributed by atoms with Crippen molar-refractivity contribution in [3.05, 3.63) is 35.9 Å². The van der Waals surface area contributed by atoms with Gasteiger partial charge < -0.3 is 5.32 Å². The molecule has 0 aliphatic carbocycles. The molecule has 2 nitrogen and oxygen atoms in total. The minimum absolute atomic E-state index is 0.444. The highest BCUT2D eigenvalue weighted by atomic mass is 15.0. The summed E-state index contributed by atoms with van der Waals surface area (Å²) in [6.45, 7) is 2.90. The lowest BCUT2D eigenvalue weighted by molar-refractivity contribution is 0.424. The lowest BCUT2D eigenvalue weighted by Crippen LogP contribution is -2.38. The van der Waals surface area contributed by atoms with Crippen LogP contribution in [0, 0.1) is 0 Å². The molecule has 0 amide bonds. The molecule has 1 saturated heterocycles. The molecule has 1 N–H and O–H groups in total. The van der Waals surface area contributed by atoms with Gasteiger partial charge in [0.2, 0.25) is 0 Å². The van der Waals surface area contributed by atoms with Gasteiger partial charge >= 0.3 is 0 Å². The lowest BCUT2D eigenvalue weighted by Gasteiger charge is -2.23. The van der Waals surface area contributed by atoms with Gasteiger partial charge in [-0.2, -0.15) is 0 Å². The molecule has 0 bridgehead atoms. The fraction of sp³-hybridized carbons (Fsp3) is 0.400. The predicted molar refractivity (Wildman–Crippen MR) is 49.1 cm³/mol. The number of nitrogens with zero attached hydrogens (tertiary/aromatic N) is 1. The summed E-state index contributed by atoms with van der Waals surface area (Å²) in [5.74, 6) is 0. The van der Waals surface area contributed by atoms with Gasteiger partial charge in [-0.15, -0.1) is 0 Å². The maximum atomic E-state index is 4.37. The van der Waals surface area contributed by atoms with Gasteiger partial charge in [-0.1, -0.05) is 30.3 Å². The maximum absolute atomic E-state index is 4.37. The van der Waals surface area contributed by atoms with E-state index in [9.17, 15) is 0 Å². The molecule has 1 aromatic rings. The first-order chi connectivity index (χ1) is 5.97. The minimum Gasteiger partial charge on any atom is -0.307 e. The summed E-state index contributed by atoms with van der Waals surface area (Å²) in [7, 11) is 0. The van der Waals surface area contributed by atoms with Crippen molar-refractivity contribution in [2.24, 2.45) is 0 Å². The van der Waals surface area contributed by atoms with Crippen molar-refractivity contribution >= 4 is 0 Å². The first kappa shape index (κ1) is 7.77. The van der Waals surface area contributed by atoms with Crippen LogP contribution in [0.5, 0.6) is 0 Å². The van der Waals surface area contributed by atoms with E-state index in [0.717, 1.165) is 19.6 Å². The quantitative estimate of drug-likeness (QED) is 0.651. The Kier molecular flexibility index (Phi) is 2.39. The Bertz CT molecular complexity index is 227. The average Bonchev–Trinajstić information content (AvgIpc) is 2.21. The van der Waals surface area contributed by atoms with Gasteiger partial charge in [0.25, 0.3) is 0 Å². The molecule has 2 rings (SSSR count). The standard InChI is InChI=1S/C10H13N2/c1-2-4-9(5-3-1)10-8-11-6-7-12-10/h1-5,10,12H,6-8H2/t10-/m0/s1. The molecule has 1 aliphatic heterocycles. The third-order valence-electron chi connectivity index (χ3n) is 2.17. The Morgan fingerprint density at radius 3 is 2.75 bits per heavy atom. The second-order valence-corrected chi connectivity index (χ2v) is 3.05. The van der Waals surface area contributed by atoms with Crippen molar-refractivity contribution in [1.82, 2.24) is 10.6 Å². The molecule has 0 aromatic heterocycles. The van der Waals surface area contributed by atoms with Gasteiger partial charge in [0.15, 0.2) is 0 Å². The number of benzene rings is 1.